The number of carbonyl (C=O) groups excluding carboxylic acids is 2. The highest BCUT2D eigenvalue weighted by atomic mass is 35.5. The number of halogens is 2. The van der Waals surface area contributed by atoms with E-state index in [9.17, 15) is 9.59 Å². The van der Waals surface area contributed by atoms with Crippen molar-refractivity contribution in [3.63, 3.8) is 0 Å². The Morgan fingerprint density at radius 2 is 1.72 bits per heavy atom. The van der Waals surface area contributed by atoms with Gasteiger partial charge in [-0.15, -0.1) is 0 Å². The van der Waals surface area contributed by atoms with Crippen LogP contribution in [0.2, 0.25) is 10.0 Å². The molecule has 0 bridgehead atoms. The van der Waals surface area contributed by atoms with Crippen LogP contribution in [0.5, 0.6) is 0 Å². The lowest BCUT2D eigenvalue weighted by Crippen LogP contribution is -2.55. The standard InChI is InChI=1S/C19H18Cl2N2O2/c1-12-5-3-4-6-17(12)23-10-9-22(18(24)19(23)25)13(2)15-8-7-14(20)11-16(15)21/h3-8,11,13H,9-10H2,1-2H3. The van der Waals surface area contributed by atoms with Gasteiger partial charge in [-0.2, -0.15) is 0 Å². The molecule has 130 valence electrons. The highest BCUT2D eigenvalue weighted by molar-refractivity contribution is 6.41. The average molecular weight is 377 g/mol. The van der Waals surface area contributed by atoms with Gasteiger partial charge >= 0.3 is 11.8 Å². The molecule has 2 aromatic rings. The van der Waals surface area contributed by atoms with Crippen molar-refractivity contribution < 1.29 is 9.59 Å². The fourth-order valence-corrected chi connectivity index (χ4v) is 3.69. The Balaban J connectivity index is 1.84. The van der Waals surface area contributed by atoms with Gasteiger partial charge in [0.2, 0.25) is 0 Å². The molecule has 25 heavy (non-hydrogen) atoms. The third kappa shape index (κ3) is 3.37. The molecule has 4 nitrogen and oxygen atoms in total. The summed E-state index contributed by atoms with van der Waals surface area (Å²) in [6.45, 7) is 4.68. The van der Waals surface area contributed by atoms with Crippen molar-refractivity contribution in [2.24, 2.45) is 0 Å². The van der Waals surface area contributed by atoms with Crippen molar-refractivity contribution >= 4 is 40.7 Å². The Morgan fingerprint density at radius 3 is 2.40 bits per heavy atom. The third-order valence-electron chi connectivity index (χ3n) is 4.54. The average Bonchev–Trinajstić information content (AvgIpc) is 2.57. The zero-order chi connectivity index (χ0) is 18.1. The predicted molar refractivity (Wildman–Crippen MR) is 100 cm³/mol. The molecule has 0 spiro atoms. The van der Waals surface area contributed by atoms with E-state index in [1.165, 1.54) is 0 Å². The number of para-hydroxylation sites is 1. The molecule has 1 unspecified atom stereocenters. The maximum absolute atomic E-state index is 12.7. The summed E-state index contributed by atoms with van der Waals surface area (Å²) >= 11 is 12.2. The number of benzene rings is 2. The van der Waals surface area contributed by atoms with Crippen LogP contribution < -0.4 is 4.90 Å². The second-order valence-electron chi connectivity index (χ2n) is 6.08. The summed E-state index contributed by atoms with van der Waals surface area (Å²) in [7, 11) is 0. The molecular formula is C19H18Cl2N2O2. The summed E-state index contributed by atoms with van der Waals surface area (Å²) in [5.41, 5.74) is 2.51. The molecule has 2 amide bonds. The van der Waals surface area contributed by atoms with Gasteiger partial charge in [-0.25, -0.2) is 0 Å². The Labute approximate surface area is 156 Å². The number of hydrogen-bond acceptors (Lipinski definition) is 2. The summed E-state index contributed by atoms with van der Waals surface area (Å²) < 4.78 is 0. The van der Waals surface area contributed by atoms with Crippen molar-refractivity contribution in [2.75, 3.05) is 18.0 Å². The van der Waals surface area contributed by atoms with Crippen LogP contribution in [-0.2, 0) is 9.59 Å². The Kier molecular flexibility index (Phi) is 5.02. The second-order valence-corrected chi connectivity index (χ2v) is 6.93. The van der Waals surface area contributed by atoms with Crippen LogP contribution in [0, 0.1) is 6.92 Å². The van der Waals surface area contributed by atoms with Crippen molar-refractivity contribution in [2.45, 2.75) is 19.9 Å². The normalized spacial score (nSPS) is 16.3. The lowest BCUT2D eigenvalue weighted by Gasteiger charge is -2.38. The molecule has 2 aromatic carbocycles. The van der Waals surface area contributed by atoms with E-state index in [4.69, 9.17) is 23.2 Å². The van der Waals surface area contributed by atoms with E-state index >= 15 is 0 Å². The fraction of sp³-hybridized carbons (Fsp3) is 0.263. The highest BCUT2D eigenvalue weighted by Gasteiger charge is 2.36. The number of hydrogen-bond donors (Lipinski definition) is 0. The van der Waals surface area contributed by atoms with Crippen LogP contribution in [0.3, 0.4) is 0 Å². The Hall–Kier alpha value is -2.04. The van der Waals surface area contributed by atoms with E-state index in [1.807, 2.05) is 38.1 Å². The third-order valence-corrected chi connectivity index (χ3v) is 5.10. The first-order chi connectivity index (χ1) is 11.9. The molecule has 1 fully saturated rings. The summed E-state index contributed by atoms with van der Waals surface area (Å²) in [4.78, 5) is 28.4. The Morgan fingerprint density at radius 1 is 1.00 bits per heavy atom. The van der Waals surface area contributed by atoms with Crippen LogP contribution in [0.25, 0.3) is 0 Å². The van der Waals surface area contributed by atoms with Crippen LogP contribution in [-0.4, -0.2) is 29.8 Å². The molecule has 1 heterocycles. The fourth-order valence-electron chi connectivity index (χ4n) is 3.12. The highest BCUT2D eigenvalue weighted by Crippen LogP contribution is 2.31. The smallest absolute Gasteiger partial charge is 0.316 e. The minimum absolute atomic E-state index is 0.305. The molecule has 1 saturated heterocycles. The molecule has 1 aliphatic heterocycles. The Bertz CT molecular complexity index is 838. The molecule has 6 heteroatoms. The number of amides is 2. The number of carbonyl (C=O) groups is 2. The molecule has 1 aliphatic rings. The van der Waals surface area contributed by atoms with E-state index < -0.39 is 11.8 Å². The molecule has 3 rings (SSSR count). The van der Waals surface area contributed by atoms with Crippen LogP contribution in [0.15, 0.2) is 42.5 Å². The molecular weight excluding hydrogens is 359 g/mol. The first-order valence-electron chi connectivity index (χ1n) is 8.03. The van der Waals surface area contributed by atoms with Crippen LogP contribution in [0.4, 0.5) is 5.69 Å². The quantitative estimate of drug-likeness (QED) is 0.751. The summed E-state index contributed by atoms with van der Waals surface area (Å²) in [6.07, 6.45) is 0. The van der Waals surface area contributed by atoms with Crippen LogP contribution in [0.1, 0.15) is 24.1 Å². The first-order valence-corrected chi connectivity index (χ1v) is 8.79. The largest absolute Gasteiger partial charge is 0.326 e. The van der Waals surface area contributed by atoms with Gasteiger partial charge in [0.1, 0.15) is 0 Å². The monoisotopic (exact) mass is 376 g/mol. The van der Waals surface area contributed by atoms with Crippen molar-refractivity contribution in [3.05, 3.63) is 63.6 Å². The van der Waals surface area contributed by atoms with Gasteiger partial charge in [0.15, 0.2) is 0 Å². The lowest BCUT2D eigenvalue weighted by molar-refractivity contribution is -0.147. The molecule has 0 radical (unpaired) electrons. The topological polar surface area (TPSA) is 40.6 Å². The van der Waals surface area contributed by atoms with Gasteiger partial charge in [0.05, 0.1) is 6.04 Å². The van der Waals surface area contributed by atoms with E-state index in [0.29, 0.717) is 23.1 Å². The van der Waals surface area contributed by atoms with E-state index in [0.717, 1.165) is 16.8 Å². The molecule has 0 aromatic heterocycles. The summed E-state index contributed by atoms with van der Waals surface area (Å²) in [5, 5.41) is 1.02. The van der Waals surface area contributed by atoms with Gasteiger partial charge in [-0.3, -0.25) is 9.59 Å². The molecule has 0 N–H and O–H groups in total. The number of anilines is 1. The molecule has 1 atom stereocenters. The number of aryl methyl sites for hydroxylation is 1. The minimum atomic E-state index is -0.520. The number of nitrogens with zero attached hydrogens (tertiary/aromatic N) is 2. The van der Waals surface area contributed by atoms with E-state index in [2.05, 4.69) is 0 Å². The van der Waals surface area contributed by atoms with Crippen LogP contribution >= 0.6 is 23.2 Å². The van der Waals surface area contributed by atoms with Gasteiger partial charge < -0.3 is 9.80 Å². The number of piperazine rings is 1. The zero-order valence-electron chi connectivity index (χ0n) is 14.0. The second kappa shape index (κ2) is 7.06. The number of rotatable bonds is 3. The maximum Gasteiger partial charge on any atom is 0.316 e. The van der Waals surface area contributed by atoms with Crippen molar-refractivity contribution in [1.82, 2.24) is 4.90 Å². The van der Waals surface area contributed by atoms with Gasteiger partial charge in [-0.05, 0) is 43.2 Å². The minimum Gasteiger partial charge on any atom is -0.326 e. The summed E-state index contributed by atoms with van der Waals surface area (Å²) in [6, 6.07) is 12.4. The molecule has 0 aliphatic carbocycles. The SMILES string of the molecule is Cc1ccccc1N1CCN(C(C)c2ccc(Cl)cc2Cl)C(=O)C1=O. The zero-order valence-corrected chi connectivity index (χ0v) is 15.5. The lowest BCUT2D eigenvalue weighted by atomic mass is 10.0. The summed E-state index contributed by atoms with van der Waals surface area (Å²) in [5.74, 6) is -1.04. The van der Waals surface area contributed by atoms with E-state index in [-0.39, 0.29) is 6.04 Å². The maximum atomic E-state index is 12.7. The first kappa shape index (κ1) is 17.8. The van der Waals surface area contributed by atoms with Crippen molar-refractivity contribution in [1.29, 1.82) is 0 Å². The predicted octanol–water partition coefficient (Wildman–Crippen LogP) is 4.24. The van der Waals surface area contributed by atoms with Gasteiger partial charge in [0, 0.05) is 28.8 Å². The van der Waals surface area contributed by atoms with Gasteiger partial charge in [-0.1, -0.05) is 47.5 Å². The molecule has 0 saturated carbocycles. The van der Waals surface area contributed by atoms with Gasteiger partial charge in [0.25, 0.3) is 0 Å². The van der Waals surface area contributed by atoms with Crippen molar-refractivity contribution in [3.8, 4) is 0 Å². The van der Waals surface area contributed by atoms with E-state index in [1.54, 1.807) is 28.0 Å².